The molecule has 0 atom stereocenters. The van der Waals surface area contributed by atoms with Crippen LogP contribution in [-0.2, 0) is 0 Å². The zero-order valence-corrected chi connectivity index (χ0v) is 12.1. The summed E-state index contributed by atoms with van der Waals surface area (Å²) in [4.78, 5) is 12.4. The Labute approximate surface area is 115 Å². The number of nitro groups is 1. The molecule has 0 saturated heterocycles. The van der Waals surface area contributed by atoms with Gasteiger partial charge in [0.25, 0.3) is 5.69 Å². The molecule has 0 spiro atoms. The largest absolute Gasteiger partial charge is 0.396 e. The van der Waals surface area contributed by atoms with Crippen molar-refractivity contribution in [3.8, 4) is 0 Å². The van der Waals surface area contributed by atoms with E-state index in [1.165, 1.54) is 12.1 Å². The van der Waals surface area contributed by atoms with E-state index in [0.717, 1.165) is 5.69 Å². The lowest BCUT2D eigenvalue weighted by atomic mass is 10.2. The van der Waals surface area contributed by atoms with E-state index in [2.05, 4.69) is 20.8 Å². The summed E-state index contributed by atoms with van der Waals surface area (Å²) in [6.45, 7) is 4.94. The van der Waals surface area contributed by atoms with Crippen LogP contribution >= 0.6 is 15.9 Å². The van der Waals surface area contributed by atoms with Crippen LogP contribution in [0.2, 0.25) is 0 Å². The number of hydrogen-bond acceptors (Lipinski definition) is 4. The standard InChI is InChI=1S/C12H17BrN2O3/c1-9(2)14(6-3-7-16)12-5-4-10(15(17)18)8-11(12)13/h4-5,8-9,16H,3,6-7H2,1-2H3. The van der Waals surface area contributed by atoms with Gasteiger partial charge in [-0.3, -0.25) is 10.1 Å². The first-order chi connectivity index (χ1) is 8.47. The van der Waals surface area contributed by atoms with Crippen LogP contribution < -0.4 is 4.90 Å². The van der Waals surface area contributed by atoms with Crippen molar-refractivity contribution in [2.75, 3.05) is 18.1 Å². The third kappa shape index (κ3) is 3.68. The quantitative estimate of drug-likeness (QED) is 0.647. The highest BCUT2D eigenvalue weighted by Gasteiger charge is 2.16. The molecule has 1 rings (SSSR count). The SMILES string of the molecule is CC(C)N(CCCO)c1ccc([N+](=O)[O-])cc1Br. The van der Waals surface area contributed by atoms with Crippen molar-refractivity contribution in [2.24, 2.45) is 0 Å². The molecule has 0 aliphatic heterocycles. The molecule has 0 radical (unpaired) electrons. The molecule has 0 bridgehead atoms. The zero-order chi connectivity index (χ0) is 13.7. The molecule has 1 aromatic rings. The maximum atomic E-state index is 10.7. The number of benzene rings is 1. The van der Waals surface area contributed by atoms with Crippen LogP contribution in [0.4, 0.5) is 11.4 Å². The van der Waals surface area contributed by atoms with Crippen molar-refractivity contribution in [1.82, 2.24) is 0 Å². The predicted molar refractivity (Wildman–Crippen MR) is 75.0 cm³/mol. The van der Waals surface area contributed by atoms with Crippen LogP contribution in [0.3, 0.4) is 0 Å². The first-order valence-electron chi connectivity index (χ1n) is 5.78. The Kier molecular flexibility index (Phi) is 5.55. The molecule has 0 amide bonds. The molecular weight excluding hydrogens is 300 g/mol. The molecule has 5 nitrogen and oxygen atoms in total. The Balaban J connectivity index is 3.01. The summed E-state index contributed by atoms with van der Waals surface area (Å²) in [5, 5.41) is 19.6. The van der Waals surface area contributed by atoms with Crippen molar-refractivity contribution in [2.45, 2.75) is 26.3 Å². The molecule has 0 saturated carbocycles. The summed E-state index contributed by atoms with van der Waals surface area (Å²) >= 11 is 3.37. The van der Waals surface area contributed by atoms with E-state index in [-0.39, 0.29) is 18.3 Å². The average molecular weight is 317 g/mol. The van der Waals surface area contributed by atoms with Gasteiger partial charge in [-0.05, 0) is 42.3 Å². The van der Waals surface area contributed by atoms with E-state index >= 15 is 0 Å². The fourth-order valence-electron chi connectivity index (χ4n) is 1.74. The Hall–Kier alpha value is -1.14. The predicted octanol–water partition coefficient (Wildman–Crippen LogP) is 2.95. The van der Waals surface area contributed by atoms with Gasteiger partial charge in [0.1, 0.15) is 0 Å². The highest BCUT2D eigenvalue weighted by Crippen LogP contribution is 2.31. The molecule has 0 aliphatic rings. The van der Waals surface area contributed by atoms with Gasteiger partial charge < -0.3 is 10.0 Å². The summed E-state index contributed by atoms with van der Waals surface area (Å²) < 4.78 is 0.698. The van der Waals surface area contributed by atoms with Crippen molar-refractivity contribution in [1.29, 1.82) is 0 Å². The van der Waals surface area contributed by atoms with Gasteiger partial charge in [0.2, 0.25) is 0 Å². The fourth-order valence-corrected chi connectivity index (χ4v) is 2.33. The Morgan fingerprint density at radius 3 is 2.61 bits per heavy atom. The molecule has 100 valence electrons. The number of nitro benzene ring substituents is 1. The number of aliphatic hydroxyl groups excluding tert-OH is 1. The minimum atomic E-state index is -0.415. The normalized spacial score (nSPS) is 10.7. The summed E-state index contributed by atoms with van der Waals surface area (Å²) in [5.41, 5.74) is 0.973. The van der Waals surface area contributed by atoms with E-state index in [4.69, 9.17) is 5.11 Å². The smallest absolute Gasteiger partial charge is 0.270 e. The summed E-state index contributed by atoms with van der Waals surface area (Å²) in [7, 11) is 0. The van der Waals surface area contributed by atoms with Gasteiger partial charge >= 0.3 is 0 Å². The van der Waals surface area contributed by atoms with Crippen LogP contribution in [0.25, 0.3) is 0 Å². The van der Waals surface area contributed by atoms with E-state index in [1.807, 2.05) is 13.8 Å². The third-order valence-corrected chi connectivity index (χ3v) is 3.27. The maximum absolute atomic E-state index is 10.7. The summed E-state index contributed by atoms with van der Waals surface area (Å²) in [6.07, 6.45) is 0.668. The molecule has 18 heavy (non-hydrogen) atoms. The number of anilines is 1. The molecule has 0 aromatic heterocycles. The van der Waals surface area contributed by atoms with E-state index in [0.29, 0.717) is 17.4 Å². The Bertz CT molecular complexity index is 424. The van der Waals surface area contributed by atoms with Gasteiger partial charge in [-0.2, -0.15) is 0 Å². The van der Waals surface area contributed by atoms with E-state index in [9.17, 15) is 10.1 Å². The van der Waals surface area contributed by atoms with Gasteiger partial charge in [-0.1, -0.05) is 0 Å². The van der Waals surface area contributed by atoms with E-state index < -0.39 is 4.92 Å². The molecule has 0 aliphatic carbocycles. The lowest BCUT2D eigenvalue weighted by molar-refractivity contribution is -0.384. The van der Waals surface area contributed by atoms with Gasteiger partial charge in [0.05, 0.1) is 10.6 Å². The molecule has 0 heterocycles. The van der Waals surface area contributed by atoms with E-state index in [1.54, 1.807) is 6.07 Å². The summed E-state index contributed by atoms with van der Waals surface area (Å²) in [5.74, 6) is 0. The van der Waals surface area contributed by atoms with Gasteiger partial charge in [0, 0.05) is 35.8 Å². The highest BCUT2D eigenvalue weighted by molar-refractivity contribution is 9.10. The highest BCUT2D eigenvalue weighted by atomic mass is 79.9. The summed E-state index contributed by atoms with van der Waals surface area (Å²) in [6, 6.07) is 4.99. The Morgan fingerprint density at radius 2 is 2.17 bits per heavy atom. The van der Waals surface area contributed by atoms with Crippen molar-refractivity contribution in [3.05, 3.63) is 32.8 Å². The second-order valence-corrected chi connectivity index (χ2v) is 5.11. The number of rotatable bonds is 6. The molecule has 6 heteroatoms. The van der Waals surface area contributed by atoms with Crippen LogP contribution in [0.1, 0.15) is 20.3 Å². The van der Waals surface area contributed by atoms with Crippen LogP contribution in [0, 0.1) is 10.1 Å². The second kappa shape index (κ2) is 6.70. The monoisotopic (exact) mass is 316 g/mol. The maximum Gasteiger partial charge on any atom is 0.270 e. The first kappa shape index (κ1) is 14.9. The molecular formula is C12H17BrN2O3. The number of hydrogen-bond donors (Lipinski definition) is 1. The minimum Gasteiger partial charge on any atom is -0.396 e. The van der Waals surface area contributed by atoms with Crippen molar-refractivity contribution < 1.29 is 10.0 Å². The Morgan fingerprint density at radius 1 is 1.50 bits per heavy atom. The van der Waals surface area contributed by atoms with Gasteiger partial charge in [-0.15, -0.1) is 0 Å². The molecule has 1 N–H and O–H groups in total. The van der Waals surface area contributed by atoms with Gasteiger partial charge in [0.15, 0.2) is 0 Å². The lowest BCUT2D eigenvalue weighted by Gasteiger charge is -2.29. The zero-order valence-electron chi connectivity index (χ0n) is 10.5. The molecule has 0 fully saturated rings. The van der Waals surface area contributed by atoms with Crippen LogP contribution in [0.5, 0.6) is 0 Å². The number of halogens is 1. The third-order valence-electron chi connectivity index (χ3n) is 2.63. The fraction of sp³-hybridized carbons (Fsp3) is 0.500. The van der Waals surface area contributed by atoms with Crippen LogP contribution in [0.15, 0.2) is 22.7 Å². The second-order valence-electron chi connectivity index (χ2n) is 4.26. The van der Waals surface area contributed by atoms with Crippen molar-refractivity contribution >= 4 is 27.3 Å². The lowest BCUT2D eigenvalue weighted by Crippen LogP contribution is -2.32. The topological polar surface area (TPSA) is 66.6 Å². The van der Waals surface area contributed by atoms with Crippen molar-refractivity contribution in [3.63, 3.8) is 0 Å². The number of non-ortho nitro benzene ring substituents is 1. The number of nitrogens with zero attached hydrogens (tertiary/aromatic N) is 2. The van der Waals surface area contributed by atoms with Gasteiger partial charge in [-0.25, -0.2) is 0 Å². The molecule has 1 aromatic carbocycles. The first-order valence-corrected chi connectivity index (χ1v) is 6.58. The van der Waals surface area contributed by atoms with Crippen LogP contribution in [-0.4, -0.2) is 29.2 Å². The molecule has 0 unspecified atom stereocenters. The number of aliphatic hydroxyl groups is 1. The average Bonchev–Trinajstić information content (AvgIpc) is 2.30. The minimum absolute atomic E-state index is 0.0662.